The first kappa shape index (κ1) is 32.1. The van der Waals surface area contributed by atoms with Gasteiger partial charge in [0.1, 0.15) is 73.2 Å². The van der Waals surface area contributed by atoms with E-state index in [1.165, 1.54) is 0 Å². The SMILES string of the molecule is CC(=O)N[C@H]1[C@H](O[C@H]2[C@@H](O)[C@@H](CO)O[C@@H](O[C@@H]([C@H](O)[C@@H](O)CO)[C@H](O)CO)[C@@H]2O)O[C@H](CO)[C@H](O)[C@@H]1O. The lowest BCUT2D eigenvalue weighted by molar-refractivity contribution is -0.359. The van der Waals surface area contributed by atoms with E-state index in [9.17, 15) is 55.9 Å². The number of rotatable bonds is 12. The van der Waals surface area contributed by atoms with E-state index in [4.69, 9.17) is 24.1 Å². The van der Waals surface area contributed by atoms with Crippen molar-refractivity contribution in [2.45, 2.75) is 92.7 Å². The van der Waals surface area contributed by atoms with Gasteiger partial charge in [-0.3, -0.25) is 4.79 Å². The van der Waals surface area contributed by atoms with E-state index in [-0.39, 0.29) is 0 Å². The van der Waals surface area contributed by atoms with Gasteiger partial charge in [-0.25, -0.2) is 0 Å². The average Bonchev–Trinajstić information content (AvgIpc) is 2.88. The lowest BCUT2D eigenvalue weighted by Crippen LogP contribution is -2.68. The molecule has 0 unspecified atom stereocenters. The average molecular weight is 548 g/mol. The van der Waals surface area contributed by atoms with Crippen LogP contribution in [0, 0.1) is 0 Å². The predicted octanol–water partition coefficient (Wildman–Crippen LogP) is -7.79. The summed E-state index contributed by atoms with van der Waals surface area (Å²) < 4.78 is 21.7. The number of aliphatic hydroxyl groups excluding tert-OH is 11. The first-order chi connectivity index (χ1) is 17.4. The second-order valence-electron chi connectivity index (χ2n) is 8.83. The van der Waals surface area contributed by atoms with Crippen molar-refractivity contribution in [2.24, 2.45) is 0 Å². The van der Waals surface area contributed by atoms with Crippen molar-refractivity contribution in [1.82, 2.24) is 5.32 Å². The summed E-state index contributed by atoms with van der Waals surface area (Å²) in [5.74, 6) is -0.671. The van der Waals surface area contributed by atoms with Crippen LogP contribution in [0.2, 0.25) is 0 Å². The number of amides is 1. The van der Waals surface area contributed by atoms with Gasteiger partial charge in [0.2, 0.25) is 5.91 Å². The number of hydrogen-bond acceptors (Lipinski definition) is 16. The van der Waals surface area contributed by atoms with Gasteiger partial charge >= 0.3 is 0 Å². The molecule has 2 rings (SSSR count). The fourth-order valence-electron chi connectivity index (χ4n) is 4.05. The molecule has 0 aliphatic carbocycles. The van der Waals surface area contributed by atoms with Gasteiger partial charge in [-0.2, -0.15) is 0 Å². The molecule has 0 spiro atoms. The van der Waals surface area contributed by atoms with E-state index in [1.54, 1.807) is 0 Å². The molecular weight excluding hydrogens is 510 g/mol. The van der Waals surface area contributed by atoms with Gasteiger partial charge in [0.25, 0.3) is 0 Å². The standard InChI is InChI=1S/C20H37NO16/c1-6(26)21-11-15(32)13(30)9(4-24)34-19(11)37-18-14(31)10(5-25)35-20(16(18)33)36-17(8(28)3-23)12(29)7(27)2-22/h7-20,22-25,27-33H,2-5H2,1H3,(H,21,26)/t7-,8+,9+,10+,11+,12+,13-,14-,15+,16+,17+,18-,19-,20-/m0/s1. The Morgan fingerprint density at radius 1 is 0.811 bits per heavy atom. The van der Waals surface area contributed by atoms with E-state index < -0.39 is 118 Å². The van der Waals surface area contributed by atoms with E-state index in [2.05, 4.69) is 5.32 Å². The number of hydrogen-bond donors (Lipinski definition) is 12. The number of carbonyl (C=O) groups excluding carboxylic acids is 1. The van der Waals surface area contributed by atoms with Gasteiger partial charge in [-0.15, -0.1) is 0 Å². The molecule has 0 bridgehead atoms. The zero-order valence-corrected chi connectivity index (χ0v) is 19.9. The van der Waals surface area contributed by atoms with Crippen molar-refractivity contribution in [3.8, 4) is 0 Å². The number of aliphatic hydroxyl groups is 11. The molecule has 2 fully saturated rings. The summed E-state index contributed by atoms with van der Waals surface area (Å²) in [7, 11) is 0. The van der Waals surface area contributed by atoms with Crippen LogP contribution in [0.4, 0.5) is 0 Å². The Morgan fingerprint density at radius 3 is 1.86 bits per heavy atom. The van der Waals surface area contributed by atoms with E-state index in [0.717, 1.165) is 6.92 Å². The number of nitrogens with one attached hydrogen (secondary N) is 1. The Hall–Kier alpha value is -1.13. The summed E-state index contributed by atoms with van der Waals surface area (Å²) in [6, 6.07) is -1.45. The minimum absolute atomic E-state index is 0.671. The van der Waals surface area contributed by atoms with Crippen molar-refractivity contribution in [3.63, 3.8) is 0 Å². The second kappa shape index (κ2) is 14.3. The minimum Gasteiger partial charge on any atom is -0.394 e. The zero-order chi connectivity index (χ0) is 28.0. The van der Waals surface area contributed by atoms with Crippen molar-refractivity contribution in [1.29, 1.82) is 0 Å². The fourth-order valence-corrected chi connectivity index (χ4v) is 4.05. The molecule has 0 radical (unpaired) electrons. The summed E-state index contributed by atoms with van der Waals surface area (Å²) in [6.07, 6.45) is -22.9. The molecule has 0 aromatic carbocycles. The highest BCUT2D eigenvalue weighted by atomic mass is 16.7. The van der Waals surface area contributed by atoms with Crippen LogP contribution in [-0.2, 0) is 23.7 Å². The zero-order valence-electron chi connectivity index (χ0n) is 19.9. The Morgan fingerprint density at radius 2 is 1.35 bits per heavy atom. The predicted molar refractivity (Wildman–Crippen MR) is 115 cm³/mol. The molecule has 0 aromatic heterocycles. The summed E-state index contributed by atoms with van der Waals surface area (Å²) in [5.41, 5.74) is 0. The van der Waals surface area contributed by atoms with E-state index >= 15 is 0 Å². The first-order valence-corrected chi connectivity index (χ1v) is 11.5. The highest BCUT2D eigenvalue weighted by Crippen LogP contribution is 2.30. The lowest BCUT2D eigenvalue weighted by atomic mass is 9.95. The molecule has 2 aliphatic rings. The maximum atomic E-state index is 11.6. The van der Waals surface area contributed by atoms with Gasteiger partial charge < -0.3 is 80.4 Å². The van der Waals surface area contributed by atoms with Crippen LogP contribution < -0.4 is 5.32 Å². The molecule has 14 atom stereocenters. The molecule has 0 aromatic rings. The summed E-state index contributed by atoms with van der Waals surface area (Å²) >= 11 is 0. The van der Waals surface area contributed by atoms with Crippen LogP contribution in [-0.4, -0.2) is 174 Å². The van der Waals surface area contributed by atoms with E-state index in [0.29, 0.717) is 0 Å². The van der Waals surface area contributed by atoms with Gasteiger partial charge in [-0.05, 0) is 0 Å². The topological polar surface area (TPSA) is 289 Å². The Balaban J connectivity index is 2.33. The normalized spacial score (nSPS) is 40.0. The van der Waals surface area contributed by atoms with Gasteiger partial charge in [0.15, 0.2) is 12.6 Å². The van der Waals surface area contributed by atoms with Crippen molar-refractivity contribution < 1.29 is 79.9 Å². The van der Waals surface area contributed by atoms with Crippen LogP contribution in [0.25, 0.3) is 0 Å². The molecule has 37 heavy (non-hydrogen) atoms. The van der Waals surface area contributed by atoms with Gasteiger partial charge in [0.05, 0.1) is 26.4 Å². The molecule has 17 heteroatoms. The maximum Gasteiger partial charge on any atom is 0.217 e. The summed E-state index contributed by atoms with van der Waals surface area (Å²) in [4.78, 5) is 11.6. The smallest absolute Gasteiger partial charge is 0.217 e. The van der Waals surface area contributed by atoms with Crippen LogP contribution in [0.15, 0.2) is 0 Å². The highest BCUT2D eigenvalue weighted by Gasteiger charge is 2.52. The Kier molecular flexibility index (Phi) is 12.4. The largest absolute Gasteiger partial charge is 0.394 e. The molecular formula is C20H37NO16. The third kappa shape index (κ3) is 7.50. The van der Waals surface area contributed by atoms with Gasteiger partial charge in [0, 0.05) is 6.92 Å². The van der Waals surface area contributed by atoms with Crippen molar-refractivity contribution >= 4 is 5.91 Å². The van der Waals surface area contributed by atoms with Crippen LogP contribution in [0.5, 0.6) is 0 Å². The first-order valence-electron chi connectivity index (χ1n) is 11.5. The second-order valence-corrected chi connectivity index (χ2v) is 8.83. The highest BCUT2D eigenvalue weighted by molar-refractivity contribution is 5.73. The quantitative estimate of drug-likeness (QED) is 0.108. The van der Waals surface area contributed by atoms with Gasteiger partial charge in [-0.1, -0.05) is 0 Å². The van der Waals surface area contributed by atoms with Crippen molar-refractivity contribution in [2.75, 3.05) is 26.4 Å². The molecule has 0 saturated carbocycles. The van der Waals surface area contributed by atoms with Crippen molar-refractivity contribution in [3.05, 3.63) is 0 Å². The molecule has 1 amide bonds. The third-order valence-corrected chi connectivity index (χ3v) is 6.14. The molecule has 218 valence electrons. The maximum absolute atomic E-state index is 11.6. The fraction of sp³-hybridized carbons (Fsp3) is 0.950. The van der Waals surface area contributed by atoms with E-state index in [1.807, 2.05) is 0 Å². The Bertz CT molecular complexity index is 703. The molecule has 2 aliphatic heterocycles. The molecule has 17 nitrogen and oxygen atoms in total. The summed E-state index contributed by atoms with van der Waals surface area (Å²) in [5, 5.41) is 112. The summed E-state index contributed by atoms with van der Waals surface area (Å²) in [6.45, 7) is -2.48. The monoisotopic (exact) mass is 547 g/mol. The molecule has 2 heterocycles. The van der Waals surface area contributed by atoms with Crippen LogP contribution in [0.3, 0.4) is 0 Å². The minimum atomic E-state index is -1.99. The third-order valence-electron chi connectivity index (χ3n) is 6.14. The van der Waals surface area contributed by atoms with Crippen LogP contribution >= 0.6 is 0 Å². The Labute approximate surface area is 211 Å². The van der Waals surface area contributed by atoms with Crippen LogP contribution in [0.1, 0.15) is 6.92 Å². The lowest BCUT2D eigenvalue weighted by Gasteiger charge is -2.47. The number of ether oxygens (including phenoxy) is 4. The molecule has 12 N–H and O–H groups in total. The number of carbonyl (C=O) groups is 1. The molecule has 2 saturated heterocycles.